The van der Waals surface area contributed by atoms with E-state index in [9.17, 15) is 4.79 Å². The number of hydrogen-bond acceptors (Lipinski definition) is 6. The molecule has 0 radical (unpaired) electrons. The topological polar surface area (TPSA) is 92.9 Å². The predicted octanol–water partition coefficient (Wildman–Crippen LogP) is 5.18. The summed E-state index contributed by atoms with van der Waals surface area (Å²) in [5, 5.41) is 16.1. The van der Waals surface area contributed by atoms with E-state index in [1.165, 1.54) is 6.21 Å². The summed E-state index contributed by atoms with van der Waals surface area (Å²) in [6.45, 7) is 2.13. The molecule has 0 aliphatic heterocycles. The van der Waals surface area contributed by atoms with Crippen LogP contribution in [0.15, 0.2) is 71.9 Å². The van der Waals surface area contributed by atoms with Gasteiger partial charge in [-0.15, -0.1) is 0 Å². The average molecular weight is 464 g/mol. The minimum absolute atomic E-state index is 0.157. The normalized spacial score (nSPS) is 10.5. The first-order chi connectivity index (χ1) is 16.1. The fourth-order valence-corrected chi connectivity index (χ4v) is 3.16. The summed E-state index contributed by atoms with van der Waals surface area (Å²) in [5.41, 5.74) is 2.57. The van der Waals surface area contributed by atoms with E-state index in [1.807, 2.05) is 31.2 Å². The minimum atomic E-state index is -0.323. The summed E-state index contributed by atoms with van der Waals surface area (Å²) in [7, 11) is 0. The van der Waals surface area contributed by atoms with Crippen LogP contribution in [0.2, 0.25) is 5.02 Å². The second-order valence-electron chi connectivity index (χ2n) is 6.74. The molecule has 0 saturated heterocycles. The van der Waals surface area contributed by atoms with E-state index in [0.29, 0.717) is 29.2 Å². The maximum atomic E-state index is 12.2. The Hall–Kier alpha value is -4.02. The highest BCUT2D eigenvalue weighted by atomic mass is 35.5. The van der Waals surface area contributed by atoms with Gasteiger partial charge in [0, 0.05) is 16.8 Å². The van der Waals surface area contributed by atoms with Gasteiger partial charge in [-0.3, -0.25) is 4.79 Å². The SMILES string of the molecule is CCOc1cc(/C=N\OCc2ccccc2C#N)cc(Cl)c1OCC(=O)Nc1ccccc1. The number of nitrogens with zero attached hydrogens (tertiary/aromatic N) is 2. The van der Waals surface area contributed by atoms with Crippen molar-refractivity contribution in [2.75, 3.05) is 18.5 Å². The Kier molecular flexibility index (Phi) is 8.69. The lowest BCUT2D eigenvalue weighted by atomic mass is 10.1. The average Bonchev–Trinajstić information content (AvgIpc) is 2.82. The zero-order valence-corrected chi connectivity index (χ0v) is 18.7. The second kappa shape index (κ2) is 12.1. The number of benzene rings is 3. The van der Waals surface area contributed by atoms with E-state index in [2.05, 4.69) is 16.5 Å². The maximum absolute atomic E-state index is 12.2. The Bertz CT molecular complexity index is 1160. The van der Waals surface area contributed by atoms with Crippen molar-refractivity contribution in [1.29, 1.82) is 5.26 Å². The van der Waals surface area contributed by atoms with Crippen molar-refractivity contribution in [2.24, 2.45) is 5.16 Å². The lowest BCUT2D eigenvalue weighted by Crippen LogP contribution is -2.20. The highest BCUT2D eigenvalue weighted by Gasteiger charge is 2.14. The molecule has 1 N–H and O–H groups in total. The molecule has 0 spiro atoms. The number of carbonyl (C=O) groups excluding carboxylic acids is 1. The fourth-order valence-electron chi connectivity index (χ4n) is 2.88. The molecule has 0 aliphatic carbocycles. The van der Waals surface area contributed by atoms with Crippen LogP contribution in [0.25, 0.3) is 0 Å². The van der Waals surface area contributed by atoms with E-state index in [0.717, 1.165) is 5.56 Å². The van der Waals surface area contributed by atoms with Crippen molar-refractivity contribution < 1.29 is 19.1 Å². The number of carbonyl (C=O) groups is 1. The third-order valence-electron chi connectivity index (χ3n) is 4.37. The van der Waals surface area contributed by atoms with Gasteiger partial charge in [0.1, 0.15) is 6.61 Å². The second-order valence-corrected chi connectivity index (χ2v) is 7.15. The van der Waals surface area contributed by atoms with Crippen LogP contribution in [-0.2, 0) is 16.2 Å². The molecule has 0 bridgehead atoms. The van der Waals surface area contributed by atoms with Crippen molar-refractivity contribution in [3.05, 3.63) is 88.4 Å². The first kappa shape index (κ1) is 23.6. The number of para-hydroxylation sites is 1. The molecule has 0 aliphatic rings. The van der Waals surface area contributed by atoms with Gasteiger partial charge in [0.15, 0.2) is 18.1 Å². The molecule has 1 amide bonds. The molecule has 0 saturated carbocycles. The number of ether oxygens (including phenoxy) is 2. The van der Waals surface area contributed by atoms with Gasteiger partial charge >= 0.3 is 0 Å². The van der Waals surface area contributed by atoms with Crippen molar-refractivity contribution >= 4 is 29.4 Å². The van der Waals surface area contributed by atoms with E-state index >= 15 is 0 Å². The molecule has 0 heterocycles. The van der Waals surface area contributed by atoms with Gasteiger partial charge < -0.3 is 19.6 Å². The predicted molar refractivity (Wildman–Crippen MR) is 127 cm³/mol. The summed E-state index contributed by atoms with van der Waals surface area (Å²) in [6.07, 6.45) is 1.48. The standard InChI is InChI=1S/C25H22ClN3O4/c1-2-31-23-13-18(15-28-33-16-20-9-7-6-8-19(20)14-27)12-22(26)25(23)32-17-24(30)29-21-10-4-3-5-11-21/h3-13,15H,2,16-17H2,1H3,(H,29,30)/b28-15-. The maximum Gasteiger partial charge on any atom is 0.262 e. The number of halogens is 1. The molecule has 33 heavy (non-hydrogen) atoms. The summed E-state index contributed by atoms with van der Waals surface area (Å²) in [6, 6.07) is 21.7. The molecule has 0 fully saturated rings. The zero-order chi connectivity index (χ0) is 23.5. The molecule has 168 valence electrons. The summed E-state index contributed by atoms with van der Waals surface area (Å²) < 4.78 is 11.3. The molecule has 3 aromatic rings. The Morgan fingerprint density at radius 3 is 2.64 bits per heavy atom. The van der Waals surface area contributed by atoms with Gasteiger partial charge in [-0.05, 0) is 37.3 Å². The van der Waals surface area contributed by atoms with E-state index in [4.69, 9.17) is 31.2 Å². The zero-order valence-electron chi connectivity index (χ0n) is 18.0. The Morgan fingerprint density at radius 2 is 1.88 bits per heavy atom. The number of anilines is 1. The van der Waals surface area contributed by atoms with Crippen LogP contribution < -0.4 is 14.8 Å². The van der Waals surface area contributed by atoms with Crippen LogP contribution >= 0.6 is 11.6 Å². The molecule has 0 atom stereocenters. The molecule has 0 aromatic heterocycles. The van der Waals surface area contributed by atoms with Crippen molar-refractivity contribution in [2.45, 2.75) is 13.5 Å². The lowest BCUT2D eigenvalue weighted by Gasteiger charge is -2.14. The Labute approximate surface area is 197 Å². The number of amides is 1. The number of hydrogen-bond donors (Lipinski definition) is 1. The number of nitriles is 1. The first-order valence-corrected chi connectivity index (χ1v) is 10.6. The Morgan fingerprint density at radius 1 is 1.12 bits per heavy atom. The van der Waals surface area contributed by atoms with E-state index in [1.54, 1.807) is 42.5 Å². The Balaban J connectivity index is 1.64. The highest BCUT2D eigenvalue weighted by molar-refractivity contribution is 6.32. The molecular weight excluding hydrogens is 442 g/mol. The van der Waals surface area contributed by atoms with Crippen molar-refractivity contribution in [3.8, 4) is 17.6 Å². The third kappa shape index (κ3) is 6.99. The number of oxime groups is 1. The molecule has 7 nitrogen and oxygen atoms in total. The van der Waals surface area contributed by atoms with Crippen LogP contribution in [0.1, 0.15) is 23.6 Å². The third-order valence-corrected chi connectivity index (χ3v) is 4.65. The van der Waals surface area contributed by atoms with Crippen molar-refractivity contribution in [3.63, 3.8) is 0 Å². The smallest absolute Gasteiger partial charge is 0.262 e. The van der Waals surface area contributed by atoms with Crippen LogP contribution in [0.4, 0.5) is 5.69 Å². The van der Waals surface area contributed by atoms with Gasteiger partial charge in [-0.25, -0.2) is 0 Å². The van der Waals surface area contributed by atoms with Crippen LogP contribution in [-0.4, -0.2) is 25.3 Å². The largest absolute Gasteiger partial charge is 0.490 e. The van der Waals surface area contributed by atoms with Crippen molar-refractivity contribution in [1.82, 2.24) is 0 Å². The monoisotopic (exact) mass is 463 g/mol. The van der Waals surface area contributed by atoms with Gasteiger partial charge in [0.2, 0.25) is 0 Å². The van der Waals surface area contributed by atoms with Crippen LogP contribution in [0, 0.1) is 11.3 Å². The van der Waals surface area contributed by atoms with E-state index in [-0.39, 0.29) is 29.9 Å². The van der Waals surface area contributed by atoms with Crippen LogP contribution in [0.5, 0.6) is 11.5 Å². The summed E-state index contributed by atoms with van der Waals surface area (Å²) >= 11 is 6.39. The number of nitrogens with one attached hydrogen (secondary N) is 1. The minimum Gasteiger partial charge on any atom is -0.490 e. The number of rotatable bonds is 10. The summed E-state index contributed by atoms with van der Waals surface area (Å²) in [5.74, 6) is 0.327. The van der Waals surface area contributed by atoms with Gasteiger partial charge in [-0.2, -0.15) is 5.26 Å². The molecule has 8 heteroatoms. The highest BCUT2D eigenvalue weighted by Crippen LogP contribution is 2.36. The molecule has 3 rings (SSSR count). The lowest BCUT2D eigenvalue weighted by molar-refractivity contribution is -0.118. The molecule has 3 aromatic carbocycles. The molecular formula is C25H22ClN3O4. The first-order valence-electron chi connectivity index (χ1n) is 10.2. The van der Waals surface area contributed by atoms with Gasteiger partial charge in [-0.1, -0.05) is 53.2 Å². The molecule has 0 unspecified atom stereocenters. The quantitative estimate of drug-likeness (QED) is 0.330. The van der Waals surface area contributed by atoms with E-state index < -0.39 is 0 Å². The summed E-state index contributed by atoms with van der Waals surface area (Å²) in [4.78, 5) is 17.5. The van der Waals surface area contributed by atoms with Crippen LogP contribution in [0.3, 0.4) is 0 Å². The van der Waals surface area contributed by atoms with Gasteiger partial charge in [0.05, 0.1) is 29.5 Å². The van der Waals surface area contributed by atoms with Gasteiger partial charge in [0.25, 0.3) is 5.91 Å². The fraction of sp³-hybridized carbons (Fsp3) is 0.160.